The van der Waals surface area contributed by atoms with Crippen LogP contribution >= 0.6 is 11.3 Å². The second kappa shape index (κ2) is 23.4. The van der Waals surface area contributed by atoms with Crippen molar-refractivity contribution in [1.29, 1.82) is 5.53 Å². The molecule has 0 amide bonds. The van der Waals surface area contributed by atoms with Crippen LogP contribution in [0.4, 0.5) is 0 Å². The number of H-pyrrole nitrogens is 1. The lowest BCUT2D eigenvalue weighted by Gasteiger charge is -2.05. The summed E-state index contributed by atoms with van der Waals surface area (Å²) in [5, 5.41) is 5.38. The van der Waals surface area contributed by atoms with E-state index in [-0.39, 0.29) is 8.56 Å². The van der Waals surface area contributed by atoms with Crippen LogP contribution in [0.2, 0.25) is 0 Å². The Labute approximate surface area is 320 Å². The molecule has 0 saturated heterocycles. The van der Waals surface area contributed by atoms with Crippen molar-refractivity contribution in [2.45, 2.75) is 27.7 Å². The van der Waals surface area contributed by atoms with Gasteiger partial charge < -0.3 is 9.51 Å². The number of aromatic nitrogens is 3. The summed E-state index contributed by atoms with van der Waals surface area (Å²) in [4.78, 5) is 11.1. The number of fused-ring (bicyclic) bond motifs is 2. The van der Waals surface area contributed by atoms with E-state index >= 15 is 0 Å². The first kappa shape index (κ1) is 40.2. The van der Waals surface area contributed by atoms with E-state index in [1.165, 1.54) is 15.0 Å². The molecule has 0 aliphatic heterocycles. The fourth-order valence-corrected chi connectivity index (χ4v) is 5.23. The Morgan fingerprint density at radius 3 is 1.85 bits per heavy atom. The summed E-state index contributed by atoms with van der Waals surface area (Å²) in [5.41, 5.74) is 18.5. The summed E-state index contributed by atoms with van der Waals surface area (Å²) >= 11 is 4.63. The Balaban J connectivity index is -0.000000271. The molecular formula is C42H34N6O2S2. The largest absolute Gasteiger partial charge is 0.361 e. The summed E-state index contributed by atoms with van der Waals surface area (Å²) in [7, 11) is 0. The number of benzene rings is 2. The number of hydrogen-bond acceptors (Lipinski definition) is 7. The van der Waals surface area contributed by atoms with Gasteiger partial charge in [-0.1, -0.05) is 29.3 Å². The lowest BCUT2D eigenvalue weighted by atomic mass is 9.99. The zero-order chi connectivity index (χ0) is 38.0. The minimum atomic E-state index is 0. The number of nitrogens with zero attached hydrogens (tertiary/aromatic N) is 4. The number of rotatable bonds is 2. The molecule has 5 aromatic rings. The maximum Gasteiger partial charge on any atom is 0.197 e. The number of aryl methyl sites for hydroxylation is 3. The topological polar surface area (TPSA) is 132 Å². The van der Waals surface area contributed by atoms with Gasteiger partial charge >= 0.3 is 0 Å². The van der Waals surface area contributed by atoms with E-state index < -0.39 is 0 Å². The molecule has 52 heavy (non-hydrogen) atoms. The highest BCUT2D eigenvalue weighted by Crippen LogP contribution is 2.40. The van der Waals surface area contributed by atoms with Gasteiger partial charge in [0, 0.05) is 41.1 Å². The maximum atomic E-state index is 7.83. The zero-order valence-electron chi connectivity index (χ0n) is 28.0. The smallest absolute Gasteiger partial charge is 0.197 e. The van der Waals surface area contributed by atoms with Crippen molar-refractivity contribution in [3.8, 4) is 140 Å². The lowest BCUT2D eigenvalue weighted by molar-refractivity contribution is 0.393. The number of nitrogens with one attached hydrogen (secondary N) is 2. The highest BCUT2D eigenvalue weighted by molar-refractivity contribution is 7.44. The van der Waals surface area contributed by atoms with Gasteiger partial charge in [-0.15, -0.1) is 23.3 Å². The molecule has 0 fully saturated rings. The summed E-state index contributed by atoms with van der Waals surface area (Å²) in [6.07, 6.45) is 4.90. The second-order valence-corrected chi connectivity index (χ2v) is 10.3. The summed E-state index contributed by atoms with van der Waals surface area (Å²) in [5.74, 6) is 48.7. The fourth-order valence-electron chi connectivity index (χ4n) is 4.15. The van der Waals surface area contributed by atoms with E-state index in [0.717, 1.165) is 45.0 Å². The van der Waals surface area contributed by atoms with E-state index in [1.54, 1.807) is 23.2 Å². The van der Waals surface area contributed by atoms with Crippen molar-refractivity contribution in [1.82, 2.24) is 15.1 Å². The minimum absolute atomic E-state index is 0. The summed E-state index contributed by atoms with van der Waals surface area (Å²) < 4.78 is 14.5. The monoisotopic (exact) mass is 718 g/mol. The van der Waals surface area contributed by atoms with Gasteiger partial charge in [0.05, 0.1) is 16.7 Å². The van der Waals surface area contributed by atoms with Gasteiger partial charge in [-0.05, 0) is 168 Å². The molecule has 0 aliphatic carbocycles. The van der Waals surface area contributed by atoms with Gasteiger partial charge in [0.1, 0.15) is 11.6 Å². The molecule has 0 aliphatic rings. The Kier molecular flexibility index (Phi) is 18.0. The quantitative estimate of drug-likeness (QED) is 0.0816. The van der Waals surface area contributed by atoms with Gasteiger partial charge in [0.25, 0.3) is 0 Å². The molecule has 5 rings (SSSR count). The van der Waals surface area contributed by atoms with Crippen LogP contribution in [0.3, 0.4) is 0 Å². The van der Waals surface area contributed by atoms with Crippen LogP contribution in [0.15, 0.2) is 47.0 Å². The fraction of sp³-hybridized carbons (Fsp3) is 0.0952. The first-order valence-corrected chi connectivity index (χ1v) is 15.6. The third kappa shape index (κ3) is 12.9. The minimum Gasteiger partial charge on any atom is -0.361 e. The predicted molar refractivity (Wildman–Crippen MR) is 221 cm³/mol. The van der Waals surface area contributed by atoms with Crippen molar-refractivity contribution in [2.75, 3.05) is 0 Å². The summed E-state index contributed by atoms with van der Waals surface area (Å²) in [6.45, 7) is 7.62. The van der Waals surface area contributed by atoms with Crippen LogP contribution in [0.5, 0.6) is 0 Å². The highest BCUT2D eigenvalue weighted by Gasteiger charge is 2.17. The molecule has 3 heterocycles. The SMILES string of the molecule is C#CC#CC#CC#CC#CC#CC#CC#CC#CC#CC.Cc1nc2c(-c3cc4ccccc4s3)cc(-c3c(C)noc3C)cc2[nH]1.O=S.[HH].[HH].[HH].[HH].[HH].[HH].[N-]=[N+]=N. The Bertz CT molecular complexity index is 2750. The molecule has 10 heteroatoms. The molecule has 0 atom stereocenters. The molecule has 0 unspecified atom stereocenters. The Hall–Kier alpha value is -7.99. The molecular weight excluding hydrogens is 685 g/mol. The average molecular weight is 719 g/mol. The van der Waals surface area contributed by atoms with Gasteiger partial charge in [-0.25, -0.2) is 4.98 Å². The van der Waals surface area contributed by atoms with E-state index in [2.05, 4.69) is 178 Å². The van der Waals surface area contributed by atoms with Crippen molar-refractivity contribution < 1.29 is 17.3 Å². The predicted octanol–water partition coefficient (Wildman–Crippen LogP) is 8.71. The first-order chi connectivity index (χ1) is 25.4. The molecule has 8 nitrogen and oxygen atoms in total. The second-order valence-electron chi connectivity index (χ2n) is 9.21. The van der Waals surface area contributed by atoms with Crippen LogP contribution in [0, 0.1) is 145 Å². The van der Waals surface area contributed by atoms with Gasteiger partial charge in [0.15, 0.2) is 12.5 Å². The molecule has 2 aromatic carbocycles. The van der Waals surface area contributed by atoms with Crippen molar-refractivity contribution in [3.05, 3.63) is 70.2 Å². The van der Waals surface area contributed by atoms with Gasteiger partial charge in [0.2, 0.25) is 0 Å². The van der Waals surface area contributed by atoms with Crippen molar-refractivity contribution in [2.24, 2.45) is 0 Å². The first-order valence-electron chi connectivity index (χ1n) is 14.4. The number of aromatic amines is 1. The van der Waals surface area contributed by atoms with E-state index in [1.807, 2.05) is 20.8 Å². The number of hydrogen-bond donors (Lipinski definition) is 2. The van der Waals surface area contributed by atoms with E-state index in [4.69, 9.17) is 31.2 Å². The zero-order valence-corrected chi connectivity index (χ0v) is 29.7. The Morgan fingerprint density at radius 2 is 1.37 bits per heavy atom. The third-order valence-electron chi connectivity index (χ3n) is 5.92. The average Bonchev–Trinajstić information content (AvgIpc) is 3.85. The van der Waals surface area contributed by atoms with Crippen LogP contribution in [0.1, 0.15) is 32.8 Å². The van der Waals surface area contributed by atoms with Crippen LogP contribution < -0.4 is 0 Å². The summed E-state index contributed by atoms with van der Waals surface area (Å²) in [6, 6.07) is 15.1. The number of imidazole rings is 1. The third-order valence-corrected chi connectivity index (χ3v) is 7.06. The van der Waals surface area contributed by atoms with Crippen molar-refractivity contribution in [3.63, 3.8) is 0 Å². The van der Waals surface area contributed by atoms with Crippen LogP contribution in [-0.4, -0.2) is 19.3 Å². The maximum absolute atomic E-state index is 7.83. The Morgan fingerprint density at radius 1 is 0.846 bits per heavy atom. The molecule has 0 bridgehead atoms. The molecule has 2 N–H and O–H groups in total. The van der Waals surface area contributed by atoms with Gasteiger partial charge in [-0.3, -0.25) is 0 Å². The number of terminal acetylenes is 1. The van der Waals surface area contributed by atoms with E-state index in [9.17, 15) is 0 Å². The molecule has 0 spiro atoms. The van der Waals surface area contributed by atoms with Crippen molar-refractivity contribution >= 4 is 45.0 Å². The molecule has 0 saturated carbocycles. The standard InChI is InChI=1S/C21H17N3OS.C21H4.HN3.OS.6H2/c1-11-20(12(2)25-24-11)15-8-16(21-17(9-15)22-13(3)23-21)19-10-14-6-4-5-7-18(14)26-19;1-3-5-7-9-11-13-15-17-19-21-20-18-16-14-12-10-8-6-4-2;1-3-2;1-2;;;;;;/h4-10H,1-3H3,(H,22,23);1H,2H3;1H;;6*1H. The normalized spacial score (nSPS) is 7.60. The molecule has 3 aromatic heterocycles. The molecule has 0 radical (unpaired) electrons. The van der Waals surface area contributed by atoms with E-state index in [0.29, 0.717) is 0 Å². The van der Waals surface area contributed by atoms with Crippen LogP contribution in [0.25, 0.3) is 53.1 Å². The molecule has 256 valence electrons. The van der Waals surface area contributed by atoms with Gasteiger partial charge in [-0.2, -0.15) is 4.21 Å². The lowest BCUT2D eigenvalue weighted by Crippen LogP contribution is -1.85. The van der Waals surface area contributed by atoms with Crippen LogP contribution in [-0.2, 0) is 12.5 Å². The highest BCUT2D eigenvalue weighted by atomic mass is 32.1. The number of thiophene rings is 1.